The van der Waals surface area contributed by atoms with E-state index in [2.05, 4.69) is 20.6 Å². The van der Waals surface area contributed by atoms with Crippen LogP contribution in [0.15, 0.2) is 6.20 Å². The summed E-state index contributed by atoms with van der Waals surface area (Å²) in [6.45, 7) is 2.11. The van der Waals surface area contributed by atoms with Crippen LogP contribution in [0.2, 0.25) is 5.02 Å². The van der Waals surface area contributed by atoms with Crippen molar-refractivity contribution >= 4 is 17.4 Å². The van der Waals surface area contributed by atoms with Crippen LogP contribution >= 0.6 is 11.6 Å². The molecule has 1 aliphatic rings. The van der Waals surface area contributed by atoms with Crippen LogP contribution < -0.4 is 15.4 Å². The highest BCUT2D eigenvalue weighted by molar-refractivity contribution is 6.32. The molecule has 5 nitrogen and oxygen atoms in total. The number of hydrogen-bond acceptors (Lipinski definition) is 5. The predicted octanol–water partition coefficient (Wildman–Crippen LogP) is 1.69. The zero-order valence-corrected chi connectivity index (χ0v) is 10.6. The summed E-state index contributed by atoms with van der Waals surface area (Å²) in [5.41, 5.74) is 0. The van der Waals surface area contributed by atoms with Gasteiger partial charge in [-0.15, -0.1) is 0 Å². The van der Waals surface area contributed by atoms with Crippen molar-refractivity contribution in [2.24, 2.45) is 0 Å². The molecule has 0 spiro atoms. The lowest BCUT2D eigenvalue weighted by atomic mass is 10.1. The van der Waals surface area contributed by atoms with Crippen LogP contribution in [0.3, 0.4) is 0 Å². The molecule has 1 aliphatic heterocycles. The molecule has 94 valence electrons. The summed E-state index contributed by atoms with van der Waals surface area (Å²) < 4.78 is 4.99. The van der Waals surface area contributed by atoms with Crippen LogP contribution in [-0.4, -0.2) is 36.2 Å². The molecule has 1 unspecified atom stereocenters. The first-order chi connectivity index (χ1) is 8.29. The van der Waals surface area contributed by atoms with E-state index >= 15 is 0 Å². The fraction of sp³-hybridized carbons (Fsp3) is 0.636. The highest BCUT2D eigenvalue weighted by atomic mass is 35.5. The van der Waals surface area contributed by atoms with Gasteiger partial charge in [-0.25, -0.2) is 4.98 Å². The first-order valence-electron chi connectivity index (χ1n) is 5.83. The minimum atomic E-state index is 0.337. The Morgan fingerprint density at radius 1 is 1.47 bits per heavy atom. The summed E-state index contributed by atoms with van der Waals surface area (Å²) in [7, 11) is 1.54. The maximum atomic E-state index is 6.05. The number of rotatable bonds is 3. The molecular weight excluding hydrogens is 240 g/mol. The molecule has 0 amide bonds. The monoisotopic (exact) mass is 256 g/mol. The van der Waals surface area contributed by atoms with Crippen LogP contribution in [0.25, 0.3) is 0 Å². The van der Waals surface area contributed by atoms with Gasteiger partial charge >= 0.3 is 6.01 Å². The van der Waals surface area contributed by atoms with E-state index < -0.39 is 0 Å². The standard InChI is InChI=1S/C11H17ClN4O/c1-17-11-14-7-9(12)10(16-11)15-8-3-2-5-13-6-4-8/h7-8,13H,2-6H2,1H3,(H,14,15,16). The fourth-order valence-electron chi connectivity index (χ4n) is 1.91. The third-order valence-electron chi connectivity index (χ3n) is 2.82. The summed E-state index contributed by atoms with van der Waals surface area (Å²) in [5, 5.41) is 7.26. The van der Waals surface area contributed by atoms with Gasteiger partial charge in [0.2, 0.25) is 0 Å². The molecule has 0 radical (unpaired) electrons. The van der Waals surface area contributed by atoms with E-state index in [1.807, 2.05) is 0 Å². The molecule has 1 saturated heterocycles. The Labute approximate surface area is 106 Å². The SMILES string of the molecule is COc1ncc(Cl)c(NC2CCCNCC2)n1. The summed E-state index contributed by atoms with van der Waals surface area (Å²) in [6, 6.07) is 0.741. The number of anilines is 1. The van der Waals surface area contributed by atoms with Crippen LogP contribution in [0.4, 0.5) is 5.82 Å². The molecule has 2 N–H and O–H groups in total. The molecule has 0 aromatic carbocycles. The minimum Gasteiger partial charge on any atom is -0.467 e. The molecule has 17 heavy (non-hydrogen) atoms. The highest BCUT2D eigenvalue weighted by Crippen LogP contribution is 2.22. The van der Waals surface area contributed by atoms with Gasteiger partial charge in [0, 0.05) is 6.04 Å². The average molecular weight is 257 g/mol. The molecule has 0 aliphatic carbocycles. The van der Waals surface area contributed by atoms with Crippen molar-refractivity contribution in [3.05, 3.63) is 11.2 Å². The highest BCUT2D eigenvalue weighted by Gasteiger charge is 2.14. The molecule has 1 atom stereocenters. The Morgan fingerprint density at radius 3 is 3.18 bits per heavy atom. The van der Waals surface area contributed by atoms with Crippen molar-refractivity contribution in [1.82, 2.24) is 15.3 Å². The van der Waals surface area contributed by atoms with E-state index in [9.17, 15) is 0 Å². The number of aromatic nitrogens is 2. The lowest BCUT2D eigenvalue weighted by Gasteiger charge is -2.17. The second-order valence-electron chi connectivity index (χ2n) is 4.08. The van der Waals surface area contributed by atoms with Crippen LogP contribution in [-0.2, 0) is 0 Å². The Morgan fingerprint density at radius 2 is 2.35 bits per heavy atom. The Balaban J connectivity index is 2.05. The van der Waals surface area contributed by atoms with Gasteiger partial charge in [0.25, 0.3) is 0 Å². The number of hydrogen-bond donors (Lipinski definition) is 2. The van der Waals surface area contributed by atoms with E-state index in [0.29, 0.717) is 22.9 Å². The maximum Gasteiger partial charge on any atom is 0.318 e. The van der Waals surface area contributed by atoms with Crippen LogP contribution in [0.5, 0.6) is 6.01 Å². The first kappa shape index (κ1) is 12.4. The van der Waals surface area contributed by atoms with E-state index in [-0.39, 0.29) is 0 Å². The van der Waals surface area contributed by atoms with Gasteiger partial charge in [0.15, 0.2) is 5.82 Å². The summed E-state index contributed by atoms with van der Waals surface area (Å²) in [4.78, 5) is 8.17. The second kappa shape index (κ2) is 6.02. The smallest absolute Gasteiger partial charge is 0.318 e. The number of nitrogens with zero attached hydrogens (tertiary/aromatic N) is 2. The zero-order valence-electron chi connectivity index (χ0n) is 9.87. The minimum absolute atomic E-state index is 0.337. The van der Waals surface area contributed by atoms with Gasteiger partial charge in [-0.1, -0.05) is 11.6 Å². The van der Waals surface area contributed by atoms with Gasteiger partial charge in [0.05, 0.1) is 13.3 Å². The van der Waals surface area contributed by atoms with E-state index in [1.54, 1.807) is 13.3 Å². The Kier molecular flexibility index (Phi) is 4.39. The van der Waals surface area contributed by atoms with Crippen LogP contribution in [0.1, 0.15) is 19.3 Å². The van der Waals surface area contributed by atoms with E-state index in [4.69, 9.17) is 16.3 Å². The molecule has 1 aromatic heterocycles. The number of halogens is 1. The third-order valence-corrected chi connectivity index (χ3v) is 3.10. The molecule has 1 aromatic rings. The van der Waals surface area contributed by atoms with Gasteiger partial charge in [-0.05, 0) is 32.4 Å². The summed E-state index contributed by atoms with van der Waals surface area (Å²) in [6.07, 6.45) is 4.92. The largest absolute Gasteiger partial charge is 0.467 e. The molecule has 1 fully saturated rings. The normalized spacial score (nSPS) is 20.7. The Bertz CT molecular complexity index is 366. The lowest BCUT2D eigenvalue weighted by Crippen LogP contribution is -2.22. The second-order valence-corrected chi connectivity index (χ2v) is 4.48. The molecule has 2 rings (SSSR count). The van der Waals surface area contributed by atoms with Crippen LogP contribution in [0, 0.1) is 0 Å². The molecule has 2 heterocycles. The van der Waals surface area contributed by atoms with E-state index in [1.165, 1.54) is 0 Å². The fourth-order valence-corrected chi connectivity index (χ4v) is 2.05. The average Bonchev–Trinajstić information content (AvgIpc) is 2.60. The van der Waals surface area contributed by atoms with Gasteiger partial charge in [-0.3, -0.25) is 0 Å². The molecule has 6 heteroatoms. The van der Waals surface area contributed by atoms with Crippen molar-refractivity contribution in [1.29, 1.82) is 0 Å². The summed E-state index contributed by atoms with van der Waals surface area (Å²) in [5.74, 6) is 0.658. The van der Waals surface area contributed by atoms with Crippen molar-refractivity contribution in [2.75, 3.05) is 25.5 Å². The summed E-state index contributed by atoms with van der Waals surface area (Å²) >= 11 is 6.05. The van der Waals surface area contributed by atoms with Crippen molar-refractivity contribution < 1.29 is 4.74 Å². The van der Waals surface area contributed by atoms with Crippen molar-refractivity contribution in [3.8, 4) is 6.01 Å². The van der Waals surface area contributed by atoms with Gasteiger partial charge < -0.3 is 15.4 Å². The molecule has 0 saturated carbocycles. The molecular formula is C11H17ClN4O. The predicted molar refractivity (Wildman–Crippen MR) is 67.7 cm³/mol. The van der Waals surface area contributed by atoms with Gasteiger partial charge in [-0.2, -0.15) is 4.98 Å². The van der Waals surface area contributed by atoms with E-state index in [0.717, 1.165) is 32.4 Å². The van der Waals surface area contributed by atoms with Crippen molar-refractivity contribution in [2.45, 2.75) is 25.3 Å². The lowest BCUT2D eigenvalue weighted by molar-refractivity contribution is 0.380. The number of ether oxygens (including phenoxy) is 1. The maximum absolute atomic E-state index is 6.05. The topological polar surface area (TPSA) is 59.1 Å². The van der Waals surface area contributed by atoms with Crippen molar-refractivity contribution in [3.63, 3.8) is 0 Å². The number of nitrogens with one attached hydrogen (secondary N) is 2. The quantitative estimate of drug-likeness (QED) is 0.862. The third kappa shape index (κ3) is 3.44. The zero-order chi connectivity index (χ0) is 12.1. The molecule has 0 bridgehead atoms. The van der Waals surface area contributed by atoms with Gasteiger partial charge in [0.1, 0.15) is 5.02 Å². The Hall–Kier alpha value is -1.07. The number of methoxy groups -OCH3 is 1. The first-order valence-corrected chi connectivity index (χ1v) is 6.21.